The molecule has 0 bridgehead atoms. The van der Waals surface area contributed by atoms with Gasteiger partial charge in [0.25, 0.3) is 0 Å². The molecule has 2 rings (SSSR count). The third kappa shape index (κ3) is 12.6. The minimum absolute atomic E-state index is 0.661. The van der Waals surface area contributed by atoms with Gasteiger partial charge < -0.3 is 10.6 Å². The first kappa shape index (κ1) is 17.3. The first-order valence-electron chi connectivity index (χ1n) is 5.69. The Bertz CT molecular complexity index is 227. The van der Waals surface area contributed by atoms with Gasteiger partial charge in [-0.3, -0.25) is 0 Å². The van der Waals surface area contributed by atoms with Gasteiger partial charge in [0.1, 0.15) is 0 Å². The fraction of sp³-hybridized carbons (Fsp3) is 0.667. The summed E-state index contributed by atoms with van der Waals surface area (Å²) in [6.45, 7) is 6.17. The van der Waals surface area contributed by atoms with Gasteiger partial charge in [0.2, 0.25) is 0 Å². The average molecular weight is 327 g/mol. The normalized spacial score (nSPS) is 22.4. The molecule has 0 aromatic rings. The third-order valence-electron chi connectivity index (χ3n) is 2.39. The molecule has 1 atom stereocenters. The number of rotatable bonds is 0. The Hall–Kier alpha value is 0.339. The summed E-state index contributed by atoms with van der Waals surface area (Å²) in [4.78, 5) is 0. The number of nitrogens with zero attached hydrogens (tertiary/aromatic N) is 2. The van der Waals surface area contributed by atoms with Crippen molar-refractivity contribution in [1.29, 1.82) is 0 Å². The molecule has 1 saturated heterocycles. The second kappa shape index (κ2) is 12.8. The van der Waals surface area contributed by atoms with Gasteiger partial charge in [-0.05, 0) is 0 Å². The van der Waals surface area contributed by atoms with Crippen LogP contribution in [0.3, 0.4) is 0 Å². The van der Waals surface area contributed by atoms with Crippen LogP contribution in [0.5, 0.6) is 0 Å². The van der Waals surface area contributed by atoms with Crippen LogP contribution in [0.2, 0.25) is 0 Å². The first-order chi connectivity index (χ1) is 8.20. The molecule has 0 aromatic heterocycles. The van der Waals surface area contributed by atoms with E-state index in [0.29, 0.717) is 6.04 Å². The zero-order valence-corrected chi connectivity index (χ0v) is 12.8. The topological polar surface area (TPSA) is 28.2 Å². The summed E-state index contributed by atoms with van der Waals surface area (Å²) in [5, 5.41) is 8.43. The van der Waals surface area contributed by atoms with Gasteiger partial charge in [0.05, 0.1) is 0 Å². The second-order valence-electron chi connectivity index (χ2n) is 3.87. The molecule has 2 heterocycles. The zero-order valence-electron chi connectivity index (χ0n) is 10.3. The van der Waals surface area contributed by atoms with E-state index >= 15 is 0 Å². The molecular weight excluding hydrogens is 307 g/mol. The van der Waals surface area contributed by atoms with Gasteiger partial charge in [-0.25, -0.2) is 0 Å². The fourth-order valence-corrected chi connectivity index (χ4v) is 1.47. The number of piperidine rings is 1. The Kier molecular flexibility index (Phi) is 13.0. The first-order valence-corrected chi connectivity index (χ1v) is 8.28. The van der Waals surface area contributed by atoms with E-state index in [2.05, 4.69) is 37.8 Å². The van der Waals surface area contributed by atoms with E-state index in [4.69, 9.17) is 0 Å². The van der Waals surface area contributed by atoms with Crippen LogP contribution in [0.15, 0.2) is 23.9 Å². The molecule has 2 nitrogen and oxygen atoms in total. The zero-order chi connectivity index (χ0) is 12.9. The van der Waals surface area contributed by atoms with E-state index in [1.54, 1.807) is 0 Å². The van der Waals surface area contributed by atoms with Gasteiger partial charge in [-0.1, -0.05) is 45.3 Å². The molecular formula is C12H20Cl2CuN2-2. The summed E-state index contributed by atoms with van der Waals surface area (Å²) in [5.74, 6) is 0. The monoisotopic (exact) mass is 325 g/mol. The van der Waals surface area contributed by atoms with Crippen molar-refractivity contribution in [3.05, 3.63) is 34.6 Å². The molecule has 0 aromatic carbocycles. The molecule has 0 spiro atoms. The van der Waals surface area contributed by atoms with Crippen LogP contribution in [-0.2, 0) is 13.1 Å². The van der Waals surface area contributed by atoms with Crippen LogP contribution in [0.25, 0.3) is 10.6 Å². The number of hydrogen-bond acceptors (Lipinski definition) is 0. The number of halogens is 2. The predicted octanol–water partition coefficient (Wildman–Crippen LogP) is 5.14. The van der Waals surface area contributed by atoms with Gasteiger partial charge >= 0.3 is 33.3 Å². The number of hydrogen-bond donors (Lipinski definition) is 0. The predicted molar refractivity (Wildman–Crippen MR) is 74.4 cm³/mol. The van der Waals surface area contributed by atoms with Crippen molar-refractivity contribution in [2.75, 3.05) is 13.1 Å². The van der Waals surface area contributed by atoms with Gasteiger partial charge in [0, 0.05) is 0 Å². The molecule has 0 amide bonds. The van der Waals surface area contributed by atoms with Crippen molar-refractivity contribution >= 4 is 20.2 Å². The van der Waals surface area contributed by atoms with Crippen LogP contribution in [-0.4, -0.2) is 19.1 Å². The van der Waals surface area contributed by atoms with Crippen LogP contribution >= 0.6 is 20.2 Å². The summed E-state index contributed by atoms with van der Waals surface area (Å²) < 4.78 is 0. The van der Waals surface area contributed by atoms with Crippen molar-refractivity contribution in [3.8, 4) is 0 Å². The molecule has 105 valence electrons. The molecule has 5 heteroatoms. The summed E-state index contributed by atoms with van der Waals surface area (Å²) in [6, 6.07) is 0.661. The van der Waals surface area contributed by atoms with E-state index in [1.807, 2.05) is 25.2 Å². The van der Waals surface area contributed by atoms with Crippen LogP contribution < -0.4 is 0 Å². The molecule has 2 aliphatic rings. The Labute approximate surface area is 120 Å². The minimum atomic E-state index is 0.661. The van der Waals surface area contributed by atoms with E-state index in [-0.39, 0.29) is 0 Å². The second-order valence-corrected chi connectivity index (χ2v) is 5.43. The van der Waals surface area contributed by atoms with Crippen LogP contribution in [0, 0.1) is 0 Å². The van der Waals surface area contributed by atoms with Crippen molar-refractivity contribution in [1.82, 2.24) is 0 Å². The third-order valence-corrected chi connectivity index (χ3v) is 2.39. The number of allylic oxidation sites excluding steroid dienone is 3. The summed E-state index contributed by atoms with van der Waals surface area (Å²) in [7, 11) is 9.34. The molecule has 0 N–H and O–H groups in total. The van der Waals surface area contributed by atoms with Crippen molar-refractivity contribution < 1.29 is 13.1 Å². The summed E-state index contributed by atoms with van der Waals surface area (Å²) in [5.41, 5.74) is 1.13. The molecule has 0 saturated carbocycles. The Balaban J connectivity index is 0.000000247. The van der Waals surface area contributed by atoms with Gasteiger partial charge in [0.15, 0.2) is 0 Å². The van der Waals surface area contributed by atoms with Crippen molar-refractivity contribution in [3.63, 3.8) is 0 Å². The average Bonchev–Trinajstić information content (AvgIpc) is 2.33. The summed E-state index contributed by atoms with van der Waals surface area (Å²) >= 11 is 0.757. The fourth-order valence-electron chi connectivity index (χ4n) is 1.47. The Morgan fingerprint density at radius 1 is 1.35 bits per heavy atom. The van der Waals surface area contributed by atoms with Gasteiger partial charge in [-0.2, -0.15) is 5.70 Å². The Morgan fingerprint density at radius 3 is 2.29 bits per heavy atom. The van der Waals surface area contributed by atoms with Crippen LogP contribution in [0.1, 0.15) is 33.1 Å². The van der Waals surface area contributed by atoms with Crippen molar-refractivity contribution in [2.24, 2.45) is 0 Å². The molecule has 17 heavy (non-hydrogen) atoms. The summed E-state index contributed by atoms with van der Waals surface area (Å²) in [6.07, 6.45) is 10.1. The molecule has 1 fully saturated rings. The van der Waals surface area contributed by atoms with E-state index < -0.39 is 0 Å². The maximum absolute atomic E-state index is 4.67. The molecule has 0 radical (unpaired) electrons. The SMILES string of the molecule is CC1=CC=CC[N-]1.CC1CCCC[N-]1.[Cl][Cu][Cl]. The quantitative estimate of drug-likeness (QED) is 0.551. The molecule has 0 aliphatic carbocycles. The van der Waals surface area contributed by atoms with Gasteiger partial charge in [-0.15, -0.1) is 25.2 Å². The Morgan fingerprint density at radius 2 is 2.06 bits per heavy atom. The van der Waals surface area contributed by atoms with E-state index in [1.165, 1.54) is 19.3 Å². The van der Waals surface area contributed by atoms with Crippen molar-refractivity contribution in [2.45, 2.75) is 39.2 Å². The standard InChI is InChI=1S/C6H12N.C6H8N.2ClH.Cu/c2*1-6-4-2-3-5-7-6;;;/h6H,2-5H2,1H3;2-4H,5H2,1H3;2*1H;/q2*-1;;;+2/p-2. The maximum atomic E-state index is 4.67. The van der Waals surface area contributed by atoms with Crippen LogP contribution in [0.4, 0.5) is 0 Å². The van der Waals surface area contributed by atoms with E-state index in [9.17, 15) is 0 Å². The molecule has 1 unspecified atom stereocenters. The molecule has 2 aliphatic heterocycles. The van der Waals surface area contributed by atoms with E-state index in [0.717, 1.165) is 31.9 Å².